The first-order chi connectivity index (χ1) is 15.5. The lowest BCUT2D eigenvalue weighted by molar-refractivity contribution is 0.0673. The predicted molar refractivity (Wildman–Crippen MR) is 126 cm³/mol. The standard InChI is InChI=1S/C24H27ClN4O3/c1-18(2)29(12-14-32-23-5-3-4-8-28-23)24(30)19-15-20(25)17-22(16-19)31-13-11-27-21-6-9-26-10-7-21/h3-10,15-18H,11-14H2,1-2H3,(H,26,27). The molecule has 1 N–H and O–H groups in total. The number of nitrogens with zero attached hydrogens (tertiary/aromatic N) is 3. The molecule has 0 aliphatic carbocycles. The van der Waals surface area contributed by atoms with Gasteiger partial charge < -0.3 is 19.7 Å². The minimum atomic E-state index is -0.133. The van der Waals surface area contributed by atoms with Gasteiger partial charge in [-0.25, -0.2) is 4.98 Å². The number of benzene rings is 1. The minimum Gasteiger partial charge on any atom is -0.492 e. The summed E-state index contributed by atoms with van der Waals surface area (Å²) in [6.07, 6.45) is 5.11. The number of aromatic nitrogens is 2. The third-order valence-corrected chi connectivity index (χ3v) is 4.82. The van der Waals surface area contributed by atoms with Crippen LogP contribution in [-0.4, -0.2) is 53.1 Å². The molecule has 7 nitrogen and oxygen atoms in total. The zero-order valence-corrected chi connectivity index (χ0v) is 19.0. The third-order valence-electron chi connectivity index (χ3n) is 4.60. The lowest BCUT2D eigenvalue weighted by Gasteiger charge is -2.27. The van der Waals surface area contributed by atoms with Crippen LogP contribution in [0.5, 0.6) is 11.6 Å². The Morgan fingerprint density at radius 3 is 2.59 bits per heavy atom. The van der Waals surface area contributed by atoms with Gasteiger partial charge in [0.25, 0.3) is 5.91 Å². The van der Waals surface area contributed by atoms with Gasteiger partial charge in [0.1, 0.15) is 19.0 Å². The van der Waals surface area contributed by atoms with Gasteiger partial charge in [-0.2, -0.15) is 0 Å². The number of anilines is 1. The highest BCUT2D eigenvalue weighted by molar-refractivity contribution is 6.31. The molecule has 0 unspecified atom stereocenters. The van der Waals surface area contributed by atoms with Gasteiger partial charge in [-0.15, -0.1) is 0 Å². The summed E-state index contributed by atoms with van der Waals surface area (Å²) in [5, 5.41) is 3.69. The van der Waals surface area contributed by atoms with Crippen LogP contribution in [0.1, 0.15) is 24.2 Å². The van der Waals surface area contributed by atoms with Gasteiger partial charge in [0.2, 0.25) is 5.88 Å². The predicted octanol–water partition coefficient (Wildman–Crippen LogP) is 4.55. The largest absolute Gasteiger partial charge is 0.492 e. The molecule has 0 aliphatic heterocycles. The molecule has 2 heterocycles. The van der Waals surface area contributed by atoms with E-state index < -0.39 is 0 Å². The van der Waals surface area contributed by atoms with Gasteiger partial charge in [0, 0.05) is 53.5 Å². The second-order valence-corrected chi connectivity index (χ2v) is 7.73. The number of carbonyl (C=O) groups excluding carboxylic acids is 1. The molecule has 0 saturated carbocycles. The quantitative estimate of drug-likeness (QED) is 0.428. The van der Waals surface area contributed by atoms with Crippen LogP contribution in [0.25, 0.3) is 0 Å². The molecule has 8 heteroatoms. The summed E-state index contributed by atoms with van der Waals surface area (Å²) in [7, 11) is 0. The summed E-state index contributed by atoms with van der Waals surface area (Å²) in [4.78, 5) is 23.0. The van der Waals surface area contributed by atoms with Crippen LogP contribution in [0.2, 0.25) is 5.02 Å². The highest BCUT2D eigenvalue weighted by Gasteiger charge is 2.20. The Labute approximate surface area is 193 Å². The molecule has 168 valence electrons. The monoisotopic (exact) mass is 454 g/mol. The van der Waals surface area contributed by atoms with Gasteiger partial charge in [0.05, 0.1) is 6.54 Å². The third kappa shape index (κ3) is 7.13. The molecular weight excluding hydrogens is 428 g/mol. The fourth-order valence-corrected chi connectivity index (χ4v) is 3.27. The van der Waals surface area contributed by atoms with E-state index in [1.807, 2.05) is 38.1 Å². The Balaban J connectivity index is 1.57. The molecule has 0 bridgehead atoms. The van der Waals surface area contributed by atoms with Gasteiger partial charge in [-0.1, -0.05) is 17.7 Å². The molecular formula is C24H27ClN4O3. The Morgan fingerprint density at radius 1 is 1.06 bits per heavy atom. The number of hydrogen-bond donors (Lipinski definition) is 1. The highest BCUT2D eigenvalue weighted by atomic mass is 35.5. The normalized spacial score (nSPS) is 10.6. The van der Waals surface area contributed by atoms with Crippen LogP contribution in [0, 0.1) is 0 Å². The van der Waals surface area contributed by atoms with E-state index in [2.05, 4.69) is 15.3 Å². The summed E-state index contributed by atoms with van der Waals surface area (Å²) in [5.41, 5.74) is 1.44. The molecule has 3 aromatic rings. The van der Waals surface area contributed by atoms with Crippen molar-refractivity contribution in [3.63, 3.8) is 0 Å². The molecule has 2 aromatic heterocycles. The number of carbonyl (C=O) groups is 1. The van der Waals surface area contributed by atoms with E-state index in [4.69, 9.17) is 21.1 Å². The minimum absolute atomic E-state index is 0.0113. The molecule has 32 heavy (non-hydrogen) atoms. The lowest BCUT2D eigenvalue weighted by Crippen LogP contribution is -2.39. The van der Waals surface area contributed by atoms with E-state index in [9.17, 15) is 4.79 Å². The summed E-state index contributed by atoms with van der Waals surface area (Å²) < 4.78 is 11.5. The molecule has 0 fully saturated rings. The van der Waals surface area contributed by atoms with Crippen LogP contribution < -0.4 is 14.8 Å². The number of amides is 1. The molecule has 0 aliphatic rings. The molecule has 0 atom stereocenters. The first kappa shape index (κ1) is 23.3. The van der Waals surface area contributed by atoms with Crippen molar-refractivity contribution in [2.45, 2.75) is 19.9 Å². The Kier molecular flexibility index (Phi) is 8.69. The van der Waals surface area contributed by atoms with Crippen molar-refractivity contribution in [3.8, 4) is 11.6 Å². The van der Waals surface area contributed by atoms with E-state index in [0.29, 0.717) is 48.5 Å². The second kappa shape index (κ2) is 11.9. The summed E-state index contributed by atoms with van der Waals surface area (Å²) >= 11 is 6.27. The molecule has 1 aromatic carbocycles. The molecule has 3 rings (SSSR count). The van der Waals surface area contributed by atoms with Crippen LogP contribution >= 0.6 is 11.6 Å². The Hall–Kier alpha value is -3.32. The number of halogens is 1. The molecule has 0 saturated heterocycles. The Morgan fingerprint density at radius 2 is 1.88 bits per heavy atom. The van der Waals surface area contributed by atoms with Crippen LogP contribution in [0.15, 0.2) is 67.1 Å². The zero-order chi connectivity index (χ0) is 22.8. The van der Waals surface area contributed by atoms with Crippen molar-refractivity contribution in [2.24, 2.45) is 0 Å². The van der Waals surface area contributed by atoms with Crippen LogP contribution in [0.4, 0.5) is 5.69 Å². The first-order valence-corrected chi connectivity index (χ1v) is 10.8. The van der Waals surface area contributed by atoms with Crippen molar-refractivity contribution >= 4 is 23.2 Å². The molecule has 0 radical (unpaired) electrons. The topological polar surface area (TPSA) is 76.6 Å². The van der Waals surface area contributed by atoms with Gasteiger partial charge in [0.15, 0.2) is 0 Å². The van der Waals surface area contributed by atoms with Gasteiger partial charge >= 0.3 is 0 Å². The summed E-state index contributed by atoms with van der Waals surface area (Å²) in [5.74, 6) is 0.945. The smallest absolute Gasteiger partial charge is 0.254 e. The first-order valence-electron chi connectivity index (χ1n) is 10.4. The summed E-state index contributed by atoms with van der Waals surface area (Å²) in [6, 6.07) is 14.3. The van der Waals surface area contributed by atoms with Crippen molar-refractivity contribution in [1.29, 1.82) is 0 Å². The number of nitrogens with one attached hydrogen (secondary N) is 1. The van der Waals surface area contributed by atoms with Crippen molar-refractivity contribution < 1.29 is 14.3 Å². The Bertz CT molecular complexity index is 987. The number of hydrogen-bond acceptors (Lipinski definition) is 6. The maximum atomic E-state index is 13.2. The van der Waals surface area contributed by atoms with E-state index >= 15 is 0 Å². The number of pyridine rings is 2. The van der Waals surface area contributed by atoms with Gasteiger partial charge in [-0.3, -0.25) is 9.78 Å². The highest BCUT2D eigenvalue weighted by Crippen LogP contribution is 2.23. The lowest BCUT2D eigenvalue weighted by atomic mass is 10.1. The second-order valence-electron chi connectivity index (χ2n) is 7.30. The van der Waals surface area contributed by atoms with Crippen LogP contribution in [0.3, 0.4) is 0 Å². The fraction of sp³-hybridized carbons (Fsp3) is 0.292. The SMILES string of the molecule is CC(C)N(CCOc1ccccn1)C(=O)c1cc(Cl)cc(OCCNc2ccncc2)c1. The number of rotatable bonds is 11. The molecule has 0 spiro atoms. The maximum absolute atomic E-state index is 13.2. The average Bonchev–Trinajstić information content (AvgIpc) is 2.80. The van der Waals surface area contributed by atoms with Crippen LogP contribution in [-0.2, 0) is 0 Å². The van der Waals surface area contributed by atoms with E-state index in [-0.39, 0.29) is 11.9 Å². The average molecular weight is 455 g/mol. The molecule has 1 amide bonds. The van der Waals surface area contributed by atoms with Crippen molar-refractivity contribution in [3.05, 3.63) is 77.7 Å². The zero-order valence-electron chi connectivity index (χ0n) is 18.2. The fourth-order valence-electron chi connectivity index (χ4n) is 3.04. The summed E-state index contributed by atoms with van der Waals surface area (Å²) in [6.45, 7) is 5.71. The number of ether oxygens (including phenoxy) is 2. The van der Waals surface area contributed by atoms with E-state index in [1.54, 1.807) is 47.8 Å². The van der Waals surface area contributed by atoms with Crippen molar-refractivity contribution in [1.82, 2.24) is 14.9 Å². The van der Waals surface area contributed by atoms with Gasteiger partial charge in [-0.05, 0) is 50.2 Å². The van der Waals surface area contributed by atoms with E-state index in [1.165, 1.54) is 0 Å². The maximum Gasteiger partial charge on any atom is 0.254 e. The van der Waals surface area contributed by atoms with E-state index in [0.717, 1.165) is 5.69 Å². The van der Waals surface area contributed by atoms with Crippen molar-refractivity contribution in [2.75, 3.05) is 31.6 Å².